The lowest BCUT2D eigenvalue weighted by molar-refractivity contribution is -0.274. The maximum atomic E-state index is 12.6. The largest absolute Gasteiger partial charge is 0.573 e. The molecule has 0 aliphatic heterocycles. The summed E-state index contributed by atoms with van der Waals surface area (Å²) in [6, 6.07) is 12.8. The number of para-hydroxylation sites is 1. The Hall–Kier alpha value is -3.33. The van der Waals surface area contributed by atoms with E-state index >= 15 is 0 Å². The monoisotopic (exact) mass is 432 g/mol. The number of aryl methyl sites for hydroxylation is 2. The molecule has 2 aromatic carbocycles. The SMILES string of the molecule is Cc1cccc(C)c1Nc1cc(-c2cccc(OC(F)(F)F)c2)nc(N[C@H](C)CO)n1. The van der Waals surface area contributed by atoms with Gasteiger partial charge in [0.15, 0.2) is 0 Å². The minimum Gasteiger partial charge on any atom is -0.406 e. The number of halogens is 3. The van der Waals surface area contributed by atoms with Crippen LogP contribution >= 0.6 is 0 Å². The van der Waals surface area contributed by atoms with E-state index in [2.05, 4.69) is 25.3 Å². The molecule has 6 nitrogen and oxygen atoms in total. The topological polar surface area (TPSA) is 79.3 Å². The lowest BCUT2D eigenvalue weighted by Crippen LogP contribution is -2.21. The van der Waals surface area contributed by atoms with Crippen molar-refractivity contribution in [2.24, 2.45) is 0 Å². The van der Waals surface area contributed by atoms with E-state index in [4.69, 9.17) is 0 Å². The van der Waals surface area contributed by atoms with Crippen molar-refractivity contribution in [3.63, 3.8) is 0 Å². The second-order valence-corrected chi connectivity index (χ2v) is 7.16. The highest BCUT2D eigenvalue weighted by atomic mass is 19.4. The number of hydrogen-bond donors (Lipinski definition) is 3. The van der Waals surface area contributed by atoms with Crippen molar-refractivity contribution in [1.82, 2.24) is 9.97 Å². The average molecular weight is 432 g/mol. The smallest absolute Gasteiger partial charge is 0.406 e. The van der Waals surface area contributed by atoms with Gasteiger partial charge >= 0.3 is 6.36 Å². The number of aromatic nitrogens is 2. The number of rotatable bonds is 7. The summed E-state index contributed by atoms with van der Waals surface area (Å²) in [5, 5.41) is 15.6. The van der Waals surface area contributed by atoms with Gasteiger partial charge in [-0.3, -0.25) is 0 Å². The van der Waals surface area contributed by atoms with E-state index in [1.807, 2.05) is 32.0 Å². The average Bonchev–Trinajstić information content (AvgIpc) is 2.69. The minimum absolute atomic E-state index is 0.137. The number of hydrogen-bond acceptors (Lipinski definition) is 6. The van der Waals surface area contributed by atoms with Crippen LogP contribution in [0.3, 0.4) is 0 Å². The highest BCUT2D eigenvalue weighted by Gasteiger charge is 2.31. The number of anilines is 3. The van der Waals surface area contributed by atoms with Crippen LogP contribution in [-0.4, -0.2) is 34.1 Å². The molecule has 9 heteroatoms. The third-order valence-electron chi connectivity index (χ3n) is 4.47. The Bertz CT molecular complexity index is 1040. The van der Waals surface area contributed by atoms with Gasteiger partial charge in [0.2, 0.25) is 5.95 Å². The number of ether oxygens (including phenoxy) is 1. The van der Waals surface area contributed by atoms with E-state index < -0.39 is 6.36 Å². The molecule has 3 N–H and O–H groups in total. The van der Waals surface area contributed by atoms with E-state index in [1.54, 1.807) is 19.1 Å². The molecule has 0 bridgehead atoms. The highest BCUT2D eigenvalue weighted by Crippen LogP contribution is 2.30. The number of alkyl halides is 3. The first kappa shape index (κ1) is 22.4. The third kappa shape index (κ3) is 6.08. The summed E-state index contributed by atoms with van der Waals surface area (Å²) in [5.41, 5.74) is 3.72. The molecule has 0 aliphatic carbocycles. The Morgan fingerprint density at radius 1 is 1.03 bits per heavy atom. The normalized spacial score (nSPS) is 12.4. The van der Waals surface area contributed by atoms with Gasteiger partial charge in [0.1, 0.15) is 11.6 Å². The van der Waals surface area contributed by atoms with E-state index in [-0.39, 0.29) is 24.3 Å². The number of nitrogens with zero attached hydrogens (tertiary/aromatic N) is 2. The Labute approximate surface area is 178 Å². The van der Waals surface area contributed by atoms with Crippen LogP contribution in [0.15, 0.2) is 48.5 Å². The van der Waals surface area contributed by atoms with E-state index in [0.717, 1.165) is 16.8 Å². The van der Waals surface area contributed by atoms with Gasteiger partial charge in [-0.05, 0) is 44.0 Å². The van der Waals surface area contributed by atoms with Gasteiger partial charge in [-0.2, -0.15) is 4.98 Å². The van der Waals surface area contributed by atoms with Crippen LogP contribution in [0.25, 0.3) is 11.3 Å². The molecule has 0 radical (unpaired) electrons. The fraction of sp³-hybridized carbons (Fsp3) is 0.273. The van der Waals surface area contributed by atoms with Gasteiger partial charge in [0.05, 0.1) is 12.3 Å². The van der Waals surface area contributed by atoms with Gasteiger partial charge in [-0.1, -0.05) is 30.3 Å². The molecule has 0 amide bonds. The first-order valence-electron chi connectivity index (χ1n) is 9.60. The van der Waals surface area contributed by atoms with Crippen molar-refractivity contribution in [2.45, 2.75) is 33.2 Å². The summed E-state index contributed by atoms with van der Waals surface area (Å²) >= 11 is 0. The Morgan fingerprint density at radius 2 is 1.71 bits per heavy atom. The second kappa shape index (κ2) is 9.22. The van der Waals surface area contributed by atoms with Gasteiger partial charge in [0.25, 0.3) is 0 Å². The first-order chi connectivity index (χ1) is 14.6. The van der Waals surface area contributed by atoms with Crippen molar-refractivity contribution in [3.05, 3.63) is 59.7 Å². The van der Waals surface area contributed by atoms with E-state index in [0.29, 0.717) is 17.1 Å². The van der Waals surface area contributed by atoms with Crippen molar-refractivity contribution >= 4 is 17.5 Å². The molecule has 0 aliphatic rings. The molecule has 1 atom stereocenters. The molecule has 0 spiro atoms. The molecular weight excluding hydrogens is 409 g/mol. The molecule has 0 unspecified atom stereocenters. The molecule has 0 saturated heterocycles. The van der Waals surface area contributed by atoms with Crippen LogP contribution in [0.2, 0.25) is 0 Å². The molecule has 3 aromatic rings. The number of nitrogens with one attached hydrogen (secondary N) is 2. The maximum Gasteiger partial charge on any atom is 0.573 e. The third-order valence-corrected chi connectivity index (χ3v) is 4.47. The standard InChI is InChI=1S/C22H23F3N4O2/c1-13-6-4-7-14(2)20(13)28-19-11-18(27-21(29-19)26-15(3)12-30)16-8-5-9-17(10-16)31-22(23,24)25/h4-11,15,30H,12H2,1-3H3,(H2,26,27,28,29)/t15-/m1/s1. The summed E-state index contributed by atoms with van der Waals surface area (Å²) in [7, 11) is 0. The Kier molecular flexibility index (Phi) is 6.65. The first-order valence-corrected chi connectivity index (χ1v) is 9.60. The number of benzene rings is 2. The predicted molar refractivity (Wildman–Crippen MR) is 114 cm³/mol. The van der Waals surface area contributed by atoms with Gasteiger partial charge in [-0.15, -0.1) is 13.2 Å². The van der Waals surface area contributed by atoms with Crippen molar-refractivity contribution in [2.75, 3.05) is 17.2 Å². The summed E-state index contributed by atoms with van der Waals surface area (Å²) in [5.74, 6) is 0.346. The second-order valence-electron chi connectivity index (χ2n) is 7.16. The quantitative estimate of drug-likeness (QED) is 0.477. The van der Waals surface area contributed by atoms with Crippen LogP contribution < -0.4 is 15.4 Å². The zero-order valence-corrected chi connectivity index (χ0v) is 17.3. The van der Waals surface area contributed by atoms with Crippen molar-refractivity contribution in [1.29, 1.82) is 0 Å². The van der Waals surface area contributed by atoms with Crippen molar-refractivity contribution in [3.8, 4) is 17.0 Å². The Morgan fingerprint density at radius 3 is 2.35 bits per heavy atom. The molecule has 1 aromatic heterocycles. The van der Waals surface area contributed by atoms with Crippen LogP contribution in [0.4, 0.5) is 30.6 Å². The summed E-state index contributed by atoms with van der Waals surface area (Å²) in [6.45, 7) is 5.54. The molecule has 0 fully saturated rings. The fourth-order valence-electron chi connectivity index (χ4n) is 2.98. The minimum atomic E-state index is -4.79. The zero-order valence-electron chi connectivity index (χ0n) is 17.3. The fourth-order valence-corrected chi connectivity index (χ4v) is 2.98. The predicted octanol–water partition coefficient (Wildman–Crippen LogP) is 5.20. The summed E-state index contributed by atoms with van der Waals surface area (Å²) < 4.78 is 41.9. The lowest BCUT2D eigenvalue weighted by Gasteiger charge is -2.16. The van der Waals surface area contributed by atoms with Crippen LogP contribution in [-0.2, 0) is 0 Å². The molecule has 164 valence electrons. The molecule has 1 heterocycles. The number of aliphatic hydroxyl groups excluding tert-OH is 1. The summed E-state index contributed by atoms with van der Waals surface area (Å²) in [6.07, 6.45) is -4.79. The Balaban J connectivity index is 2.03. The van der Waals surface area contributed by atoms with E-state index in [1.165, 1.54) is 18.2 Å². The zero-order chi connectivity index (χ0) is 22.6. The van der Waals surface area contributed by atoms with Gasteiger partial charge in [0, 0.05) is 23.4 Å². The summed E-state index contributed by atoms with van der Waals surface area (Å²) in [4.78, 5) is 8.86. The van der Waals surface area contributed by atoms with Crippen LogP contribution in [0.5, 0.6) is 5.75 Å². The highest BCUT2D eigenvalue weighted by molar-refractivity contribution is 5.70. The molecular formula is C22H23F3N4O2. The maximum absolute atomic E-state index is 12.6. The molecule has 3 rings (SSSR count). The lowest BCUT2D eigenvalue weighted by atomic mass is 10.1. The van der Waals surface area contributed by atoms with E-state index in [9.17, 15) is 18.3 Å². The van der Waals surface area contributed by atoms with Gasteiger partial charge in [-0.25, -0.2) is 4.98 Å². The number of aliphatic hydroxyl groups is 1. The molecule has 0 saturated carbocycles. The van der Waals surface area contributed by atoms with Gasteiger partial charge < -0.3 is 20.5 Å². The van der Waals surface area contributed by atoms with Crippen LogP contribution in [0, 0.1) is 13.8 Å². The van der Waals surface area contributed by atoms with Crippen molar-refractivity contribution < 1.29 is 23.0 Å². The van der Waals surface area contributed by atoms with Crippen LogP contribution in [0.1, 0.15) is 18.1 Å². The molecule has 31 heavy (non-hydrogen) atoms.